The fraction of sp³-hybridized carbons (Fsp3) is 1.00. The zero-order chi connectivity index (χ0) is 23.6. The maximum absolute atomic E-state index is 8.74. The monoisotopic (exact) mass is 465 g/mol. The summed E-state index contributed by atoms with van der Waals surface area (Å²) in [7, 11) is -4.67. The Hall–Kier alpha value is -0.170. The van der Waals surface area contributed by atoms with Gasteiger partial charge in [0, 0.05) is 6.04 Å². The van der Waals surface area contributed by atoms with Crippen LogP contribution in [-0.2, 0) is 10.4 Å². The standard InChI is InChI=1S/C25H53N.H2O4S/c1-3-5-7-9-11-13-15-17-19-21-23-25(26)24-22-20-18-16-14-12-10-8-6-4-2;1-5(2,3)4/h25H,3-24,26H2,1-2H3;(H2,1,2,3,4). The van der Waals surface area contributed by atoms with E-state index in [0.29, 0.717) is 6.04 Å². The molecule has 0 aromatic heterocycles. The summed E-state index contributed by atoms with van der Waals surface area (Å²) in [5.41, 5.74) is 6.29. The molecule has 0 saturated carbocycles. The Balaban J connectivity index is 0. The van der Waals surface area contributed by atoms with Crippen LogP contribution in [0.4, 0.5) is 0 Å². The van der Waals surface area contributed by atoms with Crippen LogP contribution in [-0.4, -0.2) is 23.6 Å². The molecule has 190 valence electrons. The van der Waals surface area contributed by atoms with Crippen molar-refractivity contribution in [3.05, 3.63) is 0 Å². The van der Waals surface area contributed by atoms with Crippen LogP contribution in [0.2, 0.25) is 0 Å². The van der Waals surface area contributed by atoms with Crippen molar-refractivity contribution < 1.29 is 17.5 Å². The third-order valence-electron chi connectivity index (χ3n) is 5.86. The SMILES string of the molecule is CCCCCCCCCCCCC(N)CCCCCCCCCCCC.O=S(=O)(O)O. The van der Waals surface area contributed by atoms with E-state index < -0.39 is 10.4 Å². The van der Waals surface area contributed by atoms with Crippen molar-refractivity contribution in [1.29, 1.82) is 0 Å². The third kappa shape index (κ3) is 40.7. The van der Waals surface area contributed by atoms with Crippen LogP contribution < -0.4 is 5.73 Å². The van der Waals surface area contributed by atoms with Crippen molar-refractivity contribution in [2.45, 2.75) is 161 Å². The smallest absolute Gasteiger partial charge is 0.328 e. The summed E-state index contributed by atoms with van der Waals surface area (Å²) in [5, 5.41) is 0. The fourth-order valence-corrected chi connectivity index (χ4v) is 3.93. The molecule has 0 bridgehead atoms. The van der Waals surface area contributed by atoms with Crippen molar-refractivity contribution in [2.75, 3.05) is 0 Å². The molecular formula is C25H55NO4S. The molecule has 5 nitrogen and oxygen atoms in total. The second-order valence-corrected chi connectivity index (χ2v) is 10.0. The summed E-state index contributed by atoms with van der Waals surface area (Å²) in [6, 6.07) is 0.470. The molecule has 0 radical (unpaired) electrons. The Labute approximate surface area is 194 Å². The van der Waals surface area contributed by atoms with Crippen molar-refractivity contribution >= 4 is 10.4 Å². The summed E-state index contributed by atoms with van der Waals surface area (Å²) in [6.45, 7) is 4.59. The van der Waals surface area contributed by atoms with Gasteiger partial charge in [-0.1, -0.05) is 142 Å². The zero-order valence-corrected chi connectivity index (χ0v) is 21.6. The van der Waals surface area contributed by atoms with Crippen molar-refractivity contribution in [3.63, 3.8) is 0 Å². The van der Waals surface area contributed by atoms with Crippen molar-refractivity contribution in [2.24, 2.45) is 5.73 Å². The second-order valence-electron chi connectivity index (χ2n) is 9.15. The van der Waals surface area contributed by atoms with E-state index in [1.807, 2.05) is 0 Å². The van der Waals surface area contributed by atoms with Gasteiger partial charge in [0.25, 0.3) is 0 Å². The third-order valence-corrected chi connectivity index (χ3v) is 5.86. The Bertz CT molecular complexity index is 397. The fourth-order valence-electron chi connectivity index (χ4n) is 3.93. The molecule has 31 heavy (non-hydrogen) atoms. The highest BCUT2D eigenvalue weighted by atomic mass is 32.3. The quantitative estimate of drug-likeness (QED) is 0.110. The molecule has 0 atom stereocenters. The Morgan fingerprint density at radius 2 is 0.710 bits per heavy atom. The molecule has 0 heterocycles. The minimum absolute atomic E-state index is 0.470. The molecule has 0 aromatic carbocycles. The van der Waals surface area contributed by atoms with Crippen LogP contribution in [0.25, 0.3) is 0 Å². The Morgan fingerprint density at radius 3 is 0.935 bits per heavy atom. The van der Waals surface area contributed by atoms with E-state index in [1.165, 1.54) is 141 Å². The van der Waals surface area contributed by atoms with Gasteiger partial charge in [-0.25, -0.2) is 0 Å². The Morgan fingerprint density at radius 1 is 0.516 bits per heavy atom. The van der Waals surface area contributed by atoms with Crippen molar-refractivity contribution in [3.8, 4) is 0 Å². The lowest BCUT2D eigenvalue weighted by atomic mass is 10.00. The lowest BCUT2D eigenvalue weighted by Crippen LogP contribution is -2.19. The average Bonchev–Trinajstić information content (AvgIpc) is 2.69. The van der Waals surface area contributed by atoms with Crippen LogP contribution in [0, 0.1) is 0 Å². The van der Waals surface area contributed by atoms with E-state index in [4.69, 9.17) is 23.3 Å². The molecule has 0 fully saturated rings. The van der Waals surface area contributed by atoms with Crippen LogP contribution >= 0.6 is 0 Å². The molecule has 6 heteroatoms. The molecule has 0 saturated heterocycles. The number of unbranched alkanes of at least 4 members (excludes halogenated alkanes) is 18. The van der Waals surface area contributed by atoms with Gasteiger partial charge in [-0.2, -0.15) is 8.42 Å². The largest absolute Gasteiger partial charge is 0.394 e. The second kappa shape index (κ2) is 26.1. The average molecular weight is 466 g/mol. The summed E-state index contributed by atoms with van der Waals surface area (Å²) in [5.74, 6) is 0. The lowest BCUT2D eigenvalue weighted by molar-refractivity contribution is 0.381. The minimum atomic E-state index is -4.67. The maximum atomic E-state index is 8.74. The van der Waals surface area contributed by atoms with Crippen LogP contribution in [0.5, 0.6) is 0 Å². The van der Waals surface area contributed by atoms with Gasteiger partial charge in [-0.15, -0.1) is 0 Å². The first-order valence-corrected chi connectivity index (χ1v) is 14.7. The highest BCUT2D eigenvalue weighted by Crippen LogP contribution is 2.15. The number of hydrogen-bond acceptors (Lipinski definition) is 3. The summed E-state index contributed by atoms with van der Waals surface area (Å²) in [6.07, 6.45) is 31.0. The molecule has 0 aliphatic rings. The topological polar surface area (TPSA) is 101 Å². The first-order valence-electron chi connectivity index (χ1n) is 13.3. The molecular weight excluding hydrogens is 410 g/mol. The molecule has 0 aromatic rings. The zero-order valence-electron chi connectivity index (χ0n) is 20.8. The predicted molar refractivity (Wildman–Crippen MR) is 135 cm³/mol. The molecule has 0 spiro atoms. The maximum Gasteiger partial charge on any atom is 0.394 e. The molecule has 0 amide bonds. The van der Waals surface area contributed by atoms with Crippen LogP contribution in [0.15, 0.2) is 0 Å². The van der Waals surface area contributed by atoms with Gasteiger partial charge >= 0.3 is 10.4 Å². The summed E-state index contributed by atoms with van der Waals surface area (Å²) in [4.78, 5) is 0. The molecule has 0 unspecified atom stereocenters. The van der Waals surface area contributed by atoms with Crippen LogP contribution in [0.3, 0.4) is 0 Å². The van der Waals surface area contributed by atoms with Gasteiger partial charge in [-0.3, -0.25) is 9.11 Å². The van der Waals surface area contributed by atoms with E-state index >= 15 is 0 Å². The van der Waals surface area contributed by atoms with Gasteiger partial charge in [0.05, 0.1) is 0 Å². The van der Waals surface area contributed by atoms with E-state index in [-0.39, 0.29) is 0 Å². The highest BCUT2D eigenvalue weighted by Gasteiger charge is 2.02. The summed E-state index contributed by atoms with van der Waals surface area (Å²) < 4.78 is 31.6. The van der Waals surface area contributed by atoms with E-state index in [0.717, 1.165) is 0 Å². The van der Waals surface area contributed by atoms with Gasteiger partial charge in [-0.05, 0) is 12.8 Å². The summed E-state index contributed by atoms with van der Waals surface area (Å²) >= 11 is 0. The van der Waals surface area contributed by atoms with Crippen LogP contribution in [0.1, 0.15) is 155 Å². The van der Waals surface area contributed by atoms with Gasteiger partial charge in [0.1, 0.15) is 0 Å². The normalized spacial score (nSPS) is 11.5. The lowest BCUT2D eigenvalue weighted by Gasteiger charge is -2.11. The molecule has 0 rings (SSSR count). The Kier molecular flexibility index (Phi) is 27.8. The number of hydrogen-bond donors (Lipinski definition) is 3. The first-order chi connectivity index (χ1) is 14.8. The van der Waals surface area contributed by atoms with Gasteiger partial charge in [0.15, 0.2) is 0 Å². The predicted octanol–water partition coefficient (Wildman–Crippen LogP) is 8.28. The minimum Gasteiger partial charge on any atom is -0.328 e. The highest BCUT2D eigenvalue weighted by molar-refractivity contribution is 7.79. The van der Waals surface area contributed by atoms with E-state index in [1.54, 1.807) is 0 Å². The van der Waals surface area contributed by atoms with Gasteiger partial charge in [0.2, 0.25) is 0 Å². The van der Waals surface area contributed by atoms with Gasteiger partial charge < -0.3 is 5.73 Å². The number of nitrogens with two attached hydrogens (primary N) is 1. The van der Waals surface area contributed by atoms with E-state index in [9.17, 15) is 0 Å². The molecule has 0 aliphatic carbocycles. The van der Waals surface area contributed by atoms with E-state index in [2.05, 4.69) is 13.8 Å². The number of rotatable bonds is 22. The van der Waals surface area contributed by atoms with Crippen molar-refractivity contribution in [1.82, 2.24) is 0 Å². The first kappa shape index (κ1) is 33.0. The molecule has 4 N–H and O–H groups in total. The molecule has 0 aliphatic heterocycles.